The van der Waals surface area contributed by atoms with Crippen LogP contribution in [0.5, 0.6) is 11.8 Å². The predicted molar refractivity (Wildman–Crippen MR) is 278 cm³/mol. The van der Waals surface area contributed by atoms with Gasteiger partial charge < -0.3 is 48.1 Å². The van der Waals surface area contributed by atoms with E-state index in [2.05, 4.69) is 20.8 Å². The number of aromatic hydroxyl groups is 2. The minimum absolute atomic E-state index is 0.0145. The second-order valence-electron chi connectivity index (χ2n) is 18.8. The molecule has 1 atom stereocenters. The van der Waals surface area contributed by atoms with Gasteiger partial charge in [-0.3, -0.25) is 13.7 Å². The number of fused-ring (bicyclic) bond motifs is 2. The largest absolute Gasteiger partial charge is 0.492 e. The molecule has 1 aliphatic carbocycles. The van der Waals surface area contributed by atoms with Crippen LogP contribution >= 0.6 is 0 Å². The molecule has 5 N–H and O–H groups in total. The van der Waals surface area contributed by atoms with Crippen LogP contribution in [0.1, 0.15) is 77.2 Å². The number of carbonyl (C=O) groups is 1. The maximum absolute atomic E-state index is 12.4. The van der Waals surface area contributed by atoms with E-state index in [1.165, 1.54) is 24.3 Å². The van der Waals surface area contributed by atoms with Gasteiger partial charge >= 0.3 is 5.97 Å². The SMILES string of the molecule is CC[N+](CCCS(=O)(=O)O)=c1ccc2c(C(C)(C)C)cc(C=CC=C3N(CCOCCOCCOCCOCCOCCC(=O)On4c(O)ccc4O)c4ccc(S(=O)(=O)O)cc4C3(C)CCCS(=O)(=O)O)oc-2c1. The number of nitrogens with zero attached hydrogens (tertiary/aromatic N) is 3. The van der Waals surface area contributed by atoms with Crippen LogP contribution in [0, 0.1) is 0 Å². The summed E-state index contributed by atoms with van der Waals surface area (Å²) in [6.07, 6.45) is 5.69. The van der Waals surface area contributed by atoms with Crippen LogP contribution in [0.25, 0.3) is 17.4 Å². The number of hydrogen-bond donors (Lipinski definition) is 5. The molecule has 1 aromatic carbocycles. The lowest BCUT2D eigenvalue weighted by atomic mass is 9.77. The van der Waals surface area contributed by atoms with Crippen LogP contribution in [0.2, 0.25) is 0 Å². The van der Waals surface area contributed by atoms with Crippen molar-refractivity contribution in [1.82, 2.24) is 9.31 Å². The van der Waals surface area contributed by atoms with Crippen molar-refractivity contribution in [1.29, 1.82) is 0 Å². The van der Waals surface area contributed by atoms with Crippen molar-refractivity contribution in [2.24, 2.45) is 0 Å². The van der Waals surface area contributed by atoms with Gasteiger partial charge in [-0.1, -0.05) is 26.8 Å². The molecule has 2 aliphatic heterocycles. The lowest BCUT2D eigenvalue weighted by Crippen LogP contribution is -2.31. The Balaban J connectivity index is 1.22. The summed E-state index contributed by atoms with van der Waals surface area (Å²) in [7, 11) is -13.1. The summed E-state index contributed by atoms with van der Waals surface area (Å²) >= 11 is 0. The lowest BCUT2D eigenvalue weighted by Gasteiger charge is -2.30. The highest BCUT2D eigenvalue weighted by Crippen LogP contribution is 2.51. The molecule has 25 heteroatoms. The molecule has 416 valence electrons. The van der Waals surface area contributed by atoms with Crippen LogP contribution in [0.4, 0.5) is 5.69 Å². The van der Waals surface area contributed by atoms with E-state index in [1.807, 2.05) is 53.7 Å². The summed E-state index contributed by atoms with van der Waals surface area (Å²) in [4.78, 5) is 18.3. The van der Waals surface area contributed by atoms with Gasteiger partial charge in [-0.15, -0.1) is 4.73 Å². The highest BCUT2D eigenvalue weighted by Gasteiger charge is 2.44. The standard InChI is InChI=1S/C50H69N3O19S3/c1-6-51(20-9-33-74(60,61)62)37-12-14-40-41(49(2,3)4)35-38(71-44(40)34-37)10-7-11-45-50(5,19-8-32-73(57,58)59)42-36-39(75(63,64)65)13-15-43(42)52(45)21-23-67-25-27-69-29-31-70-30-28-68-26-24-66-22-18-48(56)72-53-46(54)16-17-47(53)55/h7,10-17,34-36H,6,8-9,18-33H2,1-5H3,(H4-,54,55,57,58,59,60,61,62,63,64,65)/p+1. The van der Waals surface area contributed by atoms with Crippen molar-refractivity contribution < 1.29 is 86.9 Å². The second kappa shape index (κ2) is 27.2. The Morgan fingerprint density at radius 2 is 1.32 bits per heavy atom. The number of rotatable bonds is 31. The van der Waals surface area contributed by atoms with Crippen LogP contribution in [-0.2, 0) is 69.7 Å². The fourth-order valence-electron chi connectivity index (χ4n) is 8.48. The molecule has 75 heavy (non-hydrogen) atoms. The summed E-state index contributed by atoms with van der Waals surface area (Å²) in [5.74, 6) is -1.37. The summed E-state index contributed by atoms with van der Waals surface area (Å²) in [6.45, 7) is 13.7. The molecule has 0 saturated heterocycles. The normalized spacial score (nSPS) is 16.4. The maximum Gasteiger partial charge on any atom is 0.335 e. The van der Waals surface area contributed by atoms with Gasteiger partial charge in [-0.25, -0.2) is 9.37 Å². The van der Waals surface area contributed by atoms with Crippen molar-refractivity contribution in [3.63, 3.8) is 0 Å². The third-order valence-electron chi connectivity index (χ3n) is 12.1. The van der Waals surface area contributed by atoms with E-state index in [4.69, 9.17) is 32.9 Å². The van der Waals surface area contributed by atoms with Crippen molar-refractivity contribution in [2.45, 2.75) is 76.0 Å². The zero-order valence-electron chi connectivity index (χ0n) is 42.9. The number of allylic oxidation sites excluding steroid dienone is 3. The minimum Gasteiger partial charge on any atom is -0.492 e. The number of hydrogen-bond acceptors (Lipinski definition) is 17. The molecule has 2 aromatic rings. The smallest absolute Gasteiger partial charge is 0.335 e. The Morgan fingerprint density at radius 3 is 1.88 bits per heavy atom. The van der Waals surface area contributed by atoms with Crippen molar-refractivity contribution in [2.75, 3.05) is 102 Å². The van der Waals surface area contributed by atoms with Gasteiger partial charge in [0.05, 0.1) is 95.0 Å². The molecule has 0 radical (unpaired) electrons. The first-order valence-electron chi connectivity index (χ1n) is 24.4. The van der Waals surface area contributed by atoms with Crippen molar-refractivity contribution in [3.05, 3.63) is 94.7 Å². The number of ether oxygens (including phenoxy) is 5. The molecule has 0 bridgehead atoms. The molecule has 22 nitrogen and oxygen atoms in total. The minimum atomic E-state index is -4.63. The van der Waals surface area contributed by atoms with Crippen LogP contribution in [0.3, 0.4) is 0 Å². The molecular formula is C50H70N3O19S3+. The monoisotopic (exact) mass is 1110 g/mol. The van der Waals surface area contributed by atoms with Crippen LogP contribution in [-0.4, -0.2) is 157 Å². The summed E-state index contributed by atoms with van der Waals surface area (Å²) in [5.41, 5.74) is 2.31. The van der Waals surface area contributed by atoms with Gasteiger partial charge in [0.2, 0.25) is 17.1 Å². The second-order valence-corrected chi connectivity index (χ2v) is 23.3. The van der Waals surface area contributed by atoms with Gasteiger partial charge in [0.25, 0.3) is 30.4 Å². The third kappa shape index (κ3) is 18.5. The van der Waals surface area contributed by atoms with Crippen LogP contribution in [0.15, 0.2) is 81.8 Å². The highest BCUT2D eigenvalue weighted by molar-refractivity contribution is 7.86. The Bertz CT molecular complexity index is 2980. The molecular weight excluding hydrogens is 1040 g/mol. The first-order chi connectivity index (χ1) is 35.3. The van der Waals surface area contributed by atoms with E-state index in [0.29, 0.717) is 66.1 Å². The predicted octanol–water partition coefficient (Wildman–Crippen LogP) is 4.68. The Morgan fingerprint density at radius 1 is 0.747 bits per heavy atom. The third-order valence-corrected chi connectivity index (χ3v) is 14.6. The molecule has 0 amide bonds. The maximum atomic E-state index is 12.4. The van der Waals surface area contributed by atoms with Crippen LogP contribution < -0.4 is 19.7 Å². The topological polar surface area (TPSA) is 300 Å². The number of aromatic nitrogens is 1. The molecule has 0 saturated carbocycles. The molecule has 1 unspecified atom stereocenters. The summed E-state index contributed by atoms with van der Waals surface area (Å²) in [5, 5.41) is 19.9. The number of benzene rings is 2. The van der Waals surface area contributed by atoms with E-state index >= 15 is 0 Å². The number of carbonyl (C=O) groups excluding carboxylic acids is 1. The van der Waals surface area contributed by atoms with Crippen molar-refractivity contribution in [3.8, 4) is 23.1 Å². The van der Waals surface area contributed by atoms with Gasteiger partial charge in [0.15, 0.2) is 0 Å². The van der Waals surface area contributed by atoms with E-state index in [-0.39, 0.29) is 94.5 Å². The molecule has 5 rings (SSSR count). The van der Waals surface area contributed by atoms with Crippen molar-refractivity contribution >= 4 is 48.1 Å². The van der Waals surface area contributed by atoms with E-state index in [1.54, 1.807) is 18.2 Å². The first kappa shape index (κ1) is 60.7. The van der Waals surface area contributed by atoms with Gasteiger partial charge in [-0.05, 0) is 85.7 Å². The van der Waals surface area contributed by atoms with E-state index in [0.717, 1.165) is 16.5 Å². The fourth-order valence-corrected chi connectivity index (χ4v) is 9.99. The van der Waals surface area contributed by atoms with E-state index in [9.17, 15) is 53.9 Å². The lowest BCUT2D eigenvalue weighted by molar-refractivity contribution is -0.146. The molecule has 3 heterocycles. The zero-order chi connectivity index (χ0) is 55.0. The average molecular weight is 1110 g/mol. The highest BCUT2D eigenvalue weighted by atomic mass is 32.2. The molecule has 0 spiro atoms. The molecule has 0 fully saturated rings. The first-order valence-corrected chi connectivity index (χ1v) is 29.0. The molecule has 3 aliphatic rings. The molecule has 1 aromatic heterocycles. The van der Waals surface area contributed by atoms with Gasteiger partial charge in [0.1, 0.15) is 24.6 Å². The summed E-state index contributed by atoms with van der Waals surface area (Å²) < 4.78 is 138. The Hall–Kier alpha value is -5.19. The zero-order valence-corrected chi connectivity index (χ0v) is 45.3. The quantitative estimate of drug-likeness (QED) is 0.0259. The van der Waals surface area contributed by atoms with Gasteiger partial charge in [-0.2, -0.15) is 25.3 Å². The van der Waals surface area contributed by atoms with Gasteiger partial charge in [0, 0.05) is 53.5 Å². The fraction of sp³-hybridized carbons (Fsp3) is 0.520. The average Bonchev–Trinajstić information content (AvgIpc) is 3.76. The summed E-state index contributed by atoms with van der Waals surface area (Å²) in [6, 6.07) is 14.4. The Kier molecular flexibility index (Phi) is 22.0. The van der Waals surface area contributed by atoms with E-state index < -0.39 is 59.3 Å². The number of anilines is 1. The Labute approximate surface area is 438 Å².